The van der Waals surface area contributed by atoms with Crippen LogP contribution >= 0.6 is 0 Å². The molecular weight excluding hydrogens is 274 g/mol. The van der Waals surface area contributed by atoms with E-state index in [1.807, 2.05) is 12.1 Å². The molecule has 0 saturated heterocycles. The van der Waals surface area contributed by atoms with Crippen LogP contribution in [-0.2, 0) is 13.0 Å². The molecule has 2 aromatic heterocycles. The molecule has 0 N–H and O–H groups in total. The predicted octanol–water partition coefficient (Wildman–Crippen LogP) is 3.00. The third-order valence-electron chi connectivity index (χ3n) is 4.05. The minimum Gasteiger partial charge on any atom is -0.491 e. The molecule has 0 saturated carbocycles. The zero-order valence-electron chi connectivity index (χ0n) is 12.9. The first-order chi connectivity index (χ1) is 10.7. The number of fused-ring (bicyclic) bond motifs is 3. The van der Waals surface area contributed by atoms with Crippen LogP contribution in [0.1, 0.15) is 11.4 Å². The van der Waals surface area contributed by atoms with Gasteiger partial charge >= 0.3 is 0 Å². The molecule has 0 amide bonds. The van der Waals surface area contributed by atoms with Gasteiger partial charge in [0, 0.05) is 18.5 Å². The van der Waals surface area contributed by atoms with Gasteiger partial charge in [0.25, 0.3) is 0 Å². The SMILES string of the molecule is CN(C)Cc1c(-c2ccccc2)nc2ccc3c(n12)CCO3. The van der Waals surface area contributed by atoms with Crippen molar-refractivity contribution in [1.82, 2.24) is 14.3 Å². The summed E-state index contributed by atoms with van der Waals surface area (Å²) in [6, 6.07) is 14.5. The average molecular weight is 293 g/mol. The number of nitrogens with zero attached hydrogens (tertiary/aromatic N) is 3. The van der Waals surface area contributed by atoms with Crippen LogP contribution in [0.5, 0.6) is 5.75 Å². The fourth-order valence-electron chi connectivity index (χ4n) is 3.14. The van der Waals surface area contributed by atoms with E-state index in [1.165, 1.54) is 11.4 Å². The number of pyridine rings is 1. The molecule has 112 valence electrons. The summed E-state index contributed by atoms with van der Waals surface area (Å²) >= 11 is 0. The fraction of sp³-hybridized carbons (Fsp3) is 0.278. The Labute approximate surface area is 130 Å². The number of ether oxygens (including phenoxy) is 1. The highest BCUT2D eigenvalue weighted by Gasteiger charge is 2.22. The molecule has 0 aliphatic carbocycles. The Morgan fingerprint density at radius 2 is 1.95 bits per heavy atom. The molecule has 3 heterocycles. The second-order valence-corrected chi connectivity index (χ2v) is 5.95. The Morgan fingerprint density at radius 1 is 1.14 bits per heavy atom. The summed E-state index contributed by atoms with van der Waals surface area (Å²) in [6.07, 6.45) is 0.942. The summed E-state index contributed by atoms with van der Waals surface area (Å²) in [6.45, 7) is 1.61. The average Bonchev–Trinajstić information content (AvgIpc) is 3.11. The van der Waals surface area contributed by atoms with Gasteiger partial charge in [-0.2, -0.15) is 0 Å². The molecule has 1 aliphatic heterocycles. The lowest BCUT2D eigenvalue weighted by Crippen LogP contribution is -2.14. The van der Waals surface area contributed by atoms with Gasteiger partial charge in [0.05, 0.1) is 23.7 Å². The van der Waals surface area contributed by atoms with Crippen molar-refractivity contribution in [3.63, 3.8) is 0 Å². The van der Waals surface area contributed by atoms with Gasteiger partial charge in [-0.3, -0.25) is 4.40 Å². The van der Waals surface area contributed by atoms with Crippen molar-refractivity contribution < 1.29 is 4.74 Å². The lowest BCUT2D eigenvalue weighted by Gasteiger charge is -2.13. The van der Waals surface area contributed by atoms with Crippen molar-refractivity contribution in [2.45, 2.75) is 13.0 Å². The molecule has 1 aromatic carbocycles. The van der Waals surface area contributed by atoms with Crippen LogP contribution in [0, 0.1) is 0 Å². The van der Waals surface area contributed by atoms with Crippen LogP contribution in [0.2, 0.25) is 0 Å². The lowest BCUT2D eigenvalue weighted by atomic mass is 10.1. The second kappa shape index (κ2) is 5.14. The number of hydrogen-bond acceptors (Lipinski definition) is 3. The first-order valence-electron chi connectivity index (χ1n) is 7.60. The molecule has 22 heavy (non-hydrogen) atoms. The van der Waals surface area contributed by atoms with Gasteiger partial charge in [-0.15, -0.1) is 0 Å². The number of benzene rings is 1. The van der Waals surface area contributed by atoms with Crippen molar-refractivity contribution in [2.75, 3.05) is 20.7 Å². The minimum atomic E-state index is 0.759. The van der Waals surface area contributed by atoms with E-state index in [0.717, 1.165) is 42.2 Å². The van der Waals surface area contributed by atoms with E-state index < -0.39 is 0 Å². The van der Waals surface area contributed by atoms with Crippen LogP contribution in [-0.4, -0.2) is 35.0 Å². The Bertz CT molecular complexity index is 821. The van der Waals surface area contributed by atoms with Gasteiger partial charge in [-0.1, -0.05) is 30.3 Å². The zero-order chi connectivity index (χ0) is 15.1. The molecule has 0 unspecified atom stereocenters. The van der Waals surface area contributed by atoms with Crippen molar-refractivity contribution in [3.8, 4) is 17.0 Å². The van der Waals surface area contributed by atoms with Gasteiger partial charge < -0.3 is 9.64 Å². The van der Waals surface area contributed by atoms with Crippen molar-refractivity contribution in [2.24, 2.45) is 0 Å². The van der Waals surface area contributed by atoms with Crippen molar-refractivity contribution >= 4 is 5.65 Å². The minimum absolute atomic E-state index is 0.759. The first kappa shape index (κ1) is 13.3. The van der Waals surface area contributed by atoms with Crippen LogP contribution in [0.4, 0.5) is 0 Å². The second-order valence-electron chi connectivity index (χ2n) is 5.95. The van der Waals surface area contributed by atoms with Crippen LogP contribution < -0.4 is 4.74 Å². The van der Waals surface area contributed by atoms with E-state index in [-0.39, 0.29) is 0 Å². The largest absolute Gasteiger partial charge is 0.491 e. The van der Waals surface area contributed by atoms with Gasteiger partial charge in [0.1, 0.15) is 11.4 Å². The van der Waals surface area contributed by atoms with E-state index in [2.05, 4.69) is 53.7 Å². The molecule has 0 bridgehead atoms. The molecule has 0 atom stereocenters. The lowest BCUT2D eigenvalue weighted by molar-refractivity contribution is 0.357. The van der Waals surface area contributed by atoms with Crippen LogP contribution in [0.15, 0.2) is 42.5 Å². The van der Waals surface area contributed by atoms with E-state index in [4.69, 9.17) is 9.72 Å². The van der Waals surface area contributed by atoms with Gasteiger partial charge in [0.2, 0.25) is 0 Å². The highest BCUT2D eigenvalue weighted by atomic mass is 16.5. The Kier molecular flexibility index (Phi) is 3.12. The molecule has 0 fully saturated rings. The maximum Gasteiger partial charge on any atom is 0.139 e. The van der Waals surface area contributed by atoms with Crippen molar-refractivity contribution in [1.29, 1.82) is 0 Å². The molecule has 3 aromatic rings. The normalized spacial score (nSPS) is 13.6. The Balaban J connectivity index is 2.01. The number of rotatable bonds is 3. The summed E-state index contributed by atoms with van der Waals surface area (Å²) in [5.41, 5.74) is 5.70. The van der Waals surface area contributed by atoms with E-state index in [0.29, 0.717) is 0 Å². The first-order valence-corrected chi connectivity index (χ1v) is 7.60. The van der Waals surface area contributed by atoms with E-state index in [9.17, 15) is 0 Å². The molecular formula is C18H19N3O. The number of imidazole rings is 1. The van der Waals surface area contributed by atoms with Gasteiger partial charge in [-0.25, -0.2) is 4.98 Å². The summed E-state index contributed by atoms with van der Waals surface area (Å²) in [5, 5.41) is 0. The third-order valence-corrected chi connectivity index (χ3v) is 4.05. The highest BCUT2D eigenvalue weighted by Crippen LogP contribution is 2.32. The predicted molar refractivity (Wildman–Crippen MR) is 87.2 cm³/mol. The fourth-order valence-corrected chi connectivity index (χ4v) is 3.14. The summed E-state index contributed by atoms with van der Waals surface area (Å²) in [5.74, 6) is 0.990. The number of aromatic nitrogens is 2. The van der Waals surface area contributed by atoms with Crippen LogP contribution in [0.3, 0.4) is 0 Å². The van der Waals surface area contributed by atoms with Crippen molar-refractivity contribution in [3.05, 3.63) is 53.9 Å². The maximum absolute atomic E-state index is 5.72. The smallest absolute Gasteiger partial charge is 0.139 e. The quantitative estimate of drug-likeness (QED) is 0.743. The topological polar surface area (TPSA) is 29.8 Å². The summed E-state index contributed by atoms with van der Waals surface area (Å²) in [7, 11) is 4.18. The van der Waals surface area contributed by atoms with Gasteiger partial charge in [-0.05, 0) is 26.2 Å². The van der Waals surface area contributed by atoms with Crippen LogP contribution in [0.25, 0.3) is 16.9 Å². The molecule has 1 aliphatic rings. The molecule has 4 rings (SSSR count). The molecule has 0 radical (unpaired) electrons. The molecule has 4 heteroatoms. The Hall–Kier alpha value is -2.33. The zero-order valence-corrected chi connectivity index (χ0v) is 12.9. The summed E-state index contributed by atoms with van der Waals surface area (Å²) in [4.78, 5) is 7.08. The van der Waals surface area contributed by atoms with Gasteiger partial charge in [0.15, 0.2) is 0 Å². The van der Waals surface area contributed by atoms with E-state index >= 15 is 0 Å². The summed E-state index contributed by atoms with van der Waals surface area (Å²) < 4.78 is 8.00. The maximum atomic E-state index is 5.72. The Morgan fingerprint density at radius 3 is 2.73 bits per heavy atom. The molecule has 0 spiro atoms. The highest BCUT2D eigenvalue weighted by molar-refractivity contribution is 5.67. The number of hydrogen-bond donors (Lipinski definition) is 0. The third kappa shape index (κ3) is 2.07. The van der Waals surface area contributed by atoms with E-state index in [1.54, 1.807) is 0 Å². The monoisotopic (exact) mass is 293 g/mol. The molecule has 4 nitrogen and oxygen atoms in total. The standard InChI is InChI=1S/C18H19N3O/c1-20(2)12-15-18(13-6-4-3-5-7-13)19-17-9-8-16-14(21(15)17)10-11-22-16/h3-9H,10-12H2,1-2H3.